The highest BCUT2D eigenvalue weighted by molar-refractivity contribution is 6.35. The van der Waals surface area contributed by atoms with Crippen molar-refractivity contribution in [2.75, 3.05) is 0 Å². The van der Waals surface area contributed by atoms with Crippen LogP contribution in [0.2, 0.25) is 0 Å². The average molecular weight is 235 g/mol. The first kappa shape index (κ1) is 10.9. The average Bonchev–Trinajstić information content (AvgIpc) is 1.97. The van der Waals surface area contributed by atoms with Crippen molar-refractivity contribution >= 4 is 23.2 Å². The summed E-state index contributed by atoms with van der Waals surface area (Å²) >= 11 is 10.4. The first-order valence-electron chi connectivity index (χ1n) is 3.31. The molecule has 0 heterocycles. The Morgan fingerprint density at radius 3 is 2.23 bits per heavy atom. The molecule has 0 radical (unpaired) electrons. The van der Waals surface area contributed by atoms with Gasteiger partial charge < -0.3 is 0 Å². The lowest BCUT2D eigenvalue weighted by Gasteiger charge is -2.20. The molecule has 1 unspecified atom stereocenters. The van der Waals surface area contributed by atoms with Gasteiger partial charge in [0, 0.05) is 6.42 Å². The Morgan fingerprint density at radius 1 is 1.31 bits per heavy atom. The largest absolute Gasteiger partial charge is 0.395 e. The van der Waals surface area contributed by atoms with Crippen molar-refractivity contribution in [3.8, 4) is 0 Å². The minimum absolute atomic E-state index is 0.477. The van der Waals surface area contributed by atoms with E-state index in [9.17, 15) is 17.6 Å². The Balaban J connectivity index is 2.92. The Labute approximate surface area is 81.8 Å². The molecule has 0 amide bonds. The van der Waals surface area contributed by atoms with Gasteiger partial charge in [-0.1, -0.05) is 29.3 Å². The monoisotopic (exact) mass is 234 g/mol. The van der Waals surface area contributed by atoms with Gasteiger partial charge in [-0.25, -0.2) is 4.39 Å². The van der Waals surface area contributed by atoms with Gasteiger partial charge >= 0.3 is 6.18 Å². The summed E-state index contributed by atoms with van der Waals surface area (Å²) in [6.45, 7) is 0. The number of halogens is 6. The van der Waals surface area contributed by atoms with Crippen LogP contribution in [0.1, 0.15) is 6.42 Å². The van der Waals surface area contributed by atoms with Crippen molar-refractivity contribution in [3.63, 3.8) is 0 Å². The molecule has 0 aromatic heterocycles. The topological polar surface area (TPSA) is 0 Å². The van der Waals surface area contributed by atoms with Crippen LogP contribution >= 0.6 is 23.2 Å². The van der Waals surface area contributed by atoms with E-state index in [-0.39, 0.29) is 0 Å². The van der Waals surface area contributed by atoms with E-state index < -0.39 is 34.4 Å². The van der Waals surface area contributed by atoms with E-state index in [1.165, 1.54) is 0 Å². The SMILES string of the molecule is FC1=C(Cl)CC(C(F)(F)F)C=C1Cl. The second-order valence-electron chi connectivity index (χ2n) is 2.59. The standard InChI is InChI=1S/C7H4Cl2F4/c8-4-1-3(7(11,12)13)2-5(9)6(4)10/h1,3H,2H2. The molecule has 74 valence electrons. The maximum atomic E-state index is 12.7. The summed E-state index contributed by atoms with van der Waals surface area (Å²) < 4.78 is 49.0. The van der Waals surface area contributed by atoms with E-state index in [2.05, 4.69) is 0 Å². The molecule has 0 aromatic rings. The molecule has 0 saturated carbocycles. The van der Waals surface area contributed by atoms with Crippen LogP contribution in [0, 0.1) is 5.92 Å². The van der Waals surface area contributed by atoms with Crippen molar-refractivity contribution in [3.05, 3.63) is 22.0 Å². The Kier molecular flexibility index (Phi) is 2.92. The molecule has 1 aliphatic rings. The van der Waals surface area contributed by atoms with Gasteiger partial charge in [-0.15, -0.1) is 0 Å². The van der Waals surface area contributed by atoms with E-state index in [0.29, 0.717) is 6.08 Å². The maximum absolute atomic E-state index is 12.7. The van der Waals surface area contributed by atoms with Crippen LogP contribution in [0.15, 0.2) is 22.0 Å². The van der Waals surface area contributed by atoms with Crippen LogP contribution in [0.5, 0.6) is 0 Å². The normalized spacial score (nSPS) is 24.8. The van der Waals surface area contributed by atoms with Crippen LogP contribution in [0.4, 0.5) is 17.6 Å². The fourth-order valence-electron chi connectivity index (χ4n) is 0.931. The molecule has 6 heteroatoms. The summed E-state index contributed by atoms with van der Waals surface area (Å²) in [7, 11) is 0. The molecule has 0 N–H and O–H groups in total. The Morgan fingerprint density at radius 2 is 1.85 bits per heavy atom. The van der Waals surface area contributed by atoms with Gasteiger partial charge in [0.15, 0.2) is 5.83 Å². The summed E-state index contributed by atoms with van der Waals surface area (Å²) in [6, 6.07) is 0. The molecule has 13 heavy (non-hydrogen) atoms. The molecule has 0 bridgehead atoms. The highest BCUT2D eigenvalue weighted by atomic mass is 35.5. The number of rotatable bonds is 0. The van der Waals surface area contributed by atoms with E-state index in [4.69, 9.17) is 23.2 Å². The maximum Gasteiger partial charge on any atom is 0.395 e. The first-order chi connectivity index (χ1) is 5.82. The Bertz CT molecular complexity index is 277. The summed E-state index contributed by atoms with van der Waals surface area (Å²) in [6.07, 6.45) is -4.38. The fourth-order valence-corrected chi connectivity index (χ4v) is 1.51. The highest BCUT2D eigenvalue weighted by Crippen LogP contribution is 2.41. The third-order valence-electron chi connectivity index (χ3n) is 1.61. The lowest BCUT2D eigenvalue weighted by molar-refractivity contribution is -0.160. The van der Waals surface area contributed by atoms with Crippen molar-refractivity contribution in [1.82, 2.24) is 0 Å². The second-order valence-corrected chi connectivity index (χ2v) is 3.45. The minimum atomic E-state index is -4.43. The fraction of sp³-hybridized carbons (Fsp3) is 0.429. The highest BCUT2D eigenvalue weighted by Gasteiger charge is 2.41. The third-order valence-corrected chi connectivity index (χ3v) is 2.23. The van der Waals surface area contributed by atoms with Crippen LogP contribution in [-0.4, -0.2) is 6.18 Å². The molecule has 0 spiro atoms. The number of allylic oxidation sites excluding steroid dienone is 4. The van der Waals surface area contributed by atoms with Crippen LogP contribution in [-0.2, 0) is 0 Å². The molecule has 1 aliphatic carbocycles. The predicted octanol–water partition coefficient (Wildman–Crippen LogP) is 4.11. The van der Waals surface area contributed by atoms with Gasteiger partial charge in [0.25, 0.3) is 0 Å². The third kappa shape index (κ3) is 2.38. The summed E-state index contributed by atoms with van der Waals surface area (Å²) in [5, 5.41) is -1.05. The van der Waals surface area contributed by atoms with Gasteiger partial charge in [-0.2, -0.15) is 13.2 Å². The number of hydrogen-bond donors (Lipinski definition) is 0. The lowest BCUT2D eigenvalue weighted by atomic mass is 10.00. The van der Waals surface area contributed by atoms with E-state index in [0.717, 1.165) is 0 Å². The van der Waals surface area contributed by atoms with Crippen LogP contribution in [0.3, 0.4) is 0 Å². The summed E-state index contributed by atoms with van der Waals surface area (Å²) in [5.41, 5.74) is 0. The molecule has 0 nitrogen and oxygen atoms in total. The lowest BCUT2D eigenvalue weighted by Crippen LogP contribution is -2.23. The Hall–Kier alpha value is -0.220. The van der Waals surface area contributed by atoms with E-state index in [1.807, 2.05) is 0 Å². The minimum Gasteiger partial charge on any atom is -0.204 e. The van der Waals surface area contributed by atoms with Gasteiger partial charge in [0.05, 0.1) is 16.0 Å². The van der Waals surface area contributed by atoms with Crippen molar-refractivity contribution in [2.24, 2.45) is 5.92 Å². The molecular formula is C7H4Cl2F4. The van der Waals surface area contributed by atoms with Crippen LogP contribution < -0.4 is 0 Å². The summed E-state index contributed by atoms with van der Waals surface area (Å²) in [5.74, 6) is -2.75. The molecular weight excluding hydrogens is 231 g/mol. The molecule has 0 aromatic carbocycles. The molecule has 1 rings (SSSR count). The van der Waals surface area contributed by atoms with Gasteiger partial charge in [0.1, 0.15) is 0 Å². The van der Waals surface area contributed by atoms with Gasteiger partial charge in [-0.05, 0) is 0 Å². The van der Waals surface area contributed by atoms with E-state index >= 15 is 0 Å². The quantitative estimate of drug-likeness (QED) is 0.554. The van der Waals surface area contributed by atoms with Gasteiger partial charge in [-0.3, -0.25) is 0 Å². The molecule has 0 fully saturated rings. The molecule has 0 aliphatic heterocycles. The zero-order valence-electron chi connectivity index (χ0n) is 6.13. The van der Waals surface area contributed by atoms with Gasteiger partial charge in [0.2, 0.25) is 0 Å². The smallest absolute Gasteiger partial charge is 0.204 e. The first-order valence-corrected chi connectivity index (χ1v) is 4.06. The van der Waals surface area contributed by atoms with Crippen molar-refractivity contribution < 1.29 is 17.6 Å². The van der Waals surface area contributed by atoms with Crippen molar-refractivity contribution in [2.45, 2.75) is 12.6 Å². The zero-order chi connectivity index (χ0) is 10.2. The molecule has 0 saturated heterocycles. The van der Waals surface area contributed by atoms with E-state index in [1.54, 1.807) is 0 Å². The zero-order valence-corrected chi connectivity index (χ0v) is 7.64. The van der Waals surface area contributed by atoms with Crippen LogP contribution in [0.25, 0.3) is 0 Å². The van der Waals surface area contributed by atoms with Crippen molar-refractivity contribution in [1.29, 1.82) is 0 Å². The number of hydrogen-bond acceptors (Lipinski definition) is 0. The molecule has 1 atom stereocenters. The second kappa shape index (κ2) is 3.50. The number of alkyl halides is 3. The predicted molar refractivity (Wildman–Crippen MR) is 42.1 cm³/mol. The summed E-state index contributed by atoms with van der Waals surface area (Å²) in [4.78, 5) is 0.